The first-order valence-electron chi connectivity index (χ1n) is 7.16. The number of rotatable bonds is 5. The lowest BCUT2D eigenvalue weighted by atomic mass is 10.0. The third-order valence-corrected chi connectivity index (χ3v) is 4.16. The zero-order valence-electron chi connectivity index (χ0n) is 12.3. The number of hydrogen-bond acceptors (Lipinski definition) is 2. The van der Waals surface area contributed by atoms with Crippen molar-refractivity contribution in [2.24, 2.45) is 11.8 Å². The van der Waals surface area contributed by atoms with Crippen molar-refractivity contribution >= 4 is 12.0 Å². The fourth-order valence-corrected chi connectivity index (χ4v) is 2.68. The molecule has 5 nitrogen and oxygen atoms in total. The molecule has 0 spiro atoms. The highest BCUT2D eigenvalue weighted by molar-refractivity contribution is 5.78. The topological polar surface area (TPSA) is 69.6 Å². The quantitative estimate of drug-likeness (QED) is 0.805. The van der Waals surface area contributed by atoms with Crippen LogP contribution in [0.5, 0.6) is 0 Å². The van der Waals surface area contributed by atoms with E-state index in [4.69, 9.17) is 5.11 Å². The minimum atomic E-state index is -0.810. The van der Waals surface area contributed by atoms with E-state index in [1.165, 1.54) is 0 Å². The number of nitrogens with one attached hydrogen (secondary N) is 1. The molecule has 0 bridgehead atoms. The highest BCUT2D eigenvalue weighted by Crippen LogP contribution is 2.24. The fraction of sp³-hybridized carbons (Fsp3) is 0.857. The van der Waals surface area contributed by atoms with Gasteiger partial charge in [0.25, 0.3) is 0 Å². The minimum absolute atomic E-state index is 0.124. The Balaban J connectivity index is 2.48. The van der Waals surface area contributed by atoms with Crippen molar-refractivity contribution in [2.45, 2.75) is 59.0 Å². The number of amides is 2. The first-order valence-corrected chi connectivity index (χ1v) is 7.16. The summed E-state index contributed by atoms with van der Waals surface area (Å²) < 4.78 is 0. The lowest BCUT2D eigenvalue weighted by Crippen LogP contribution is -2.47. The number of carbonyl (C=O) groups is 2. The van der Waals surface area contributed by atoms with Crippen LogP contribution in [0.3, 0.4) is 0 Å². The fourth-order valence-electron chi connectivity index (χ4n) is 2.68. The Morgan fingerprint density at radius 3 is 2.53 bits per heavy atom. The van der Waals surface area contributed by atoms with Gasteiger partial charge in [-0.15, -0.1) is 0 Å². The van der Waals surface area contributed by atoms with Crippen molar-refractivity contribution in [1.82, 2.24) is 10.2 Å². The lowest BCUT2D eigenvalue weighted by molar-refractivity contribution is -0.142. The molecule has 1 fully saturated rings. The predicted octanol–water partition coefficient (Wildman–Crippen LogP) is 2.32. The van der Waals surface area contributed by atoms with E-state index >= 15 is 0 Å². The molecular formula is C14H26N2O3. The summed E-state index contributed by atoms with van der Waals surface area (Å²) in [5.74, 6) is -0.663. The van der Waals surface area contributed by atoms with Crippen LogP contribution in [0.2, 0.25) is 0 Å². The van der Waals surface area contributed by atoms with Crippen molar-refractivity contribution in [2.75, 3.05) is 6.54 Å². The Kier molecular flexibility index (Phi) is 5.63. The average molecular weight is 270 g/mol. The van der Waals surface area contributed by atoms with Gasteiger partial charge < -0.3 is 15.3 Å². The number of aliphatic carboxylic acids is 1. The maximum Gasteiger partial charge on any atom is 0.317 e. The summed E-state index contributed by atoms with van der Waals surface area (Å²) >= 11 is 0. The first-order chi connectivity index (χ1) is 8.86. The van der Waals surface area contributed by atoms with Crippen LogP contribution in [-0.2, 0) is 4.79 Å². The first kappa shape index (κ1) is 15.8. The number of hydrogen-bond donors (Lipinski definition) is 2. The van der Waals surface area contributed by atoms with E-state index in [0.717, 1.165) is 12.8 Å². The molecule has 2 amide bonds. The van der Waals surface area contributed by atoms with Crippen molar-refractivity contribution in [3.05, 3.63) is 0 Å². The second-order valence-corrected chi connectivity index (χ2v) is 5.77. The second kappa shape index (κ2) is 6.78. The second-order valence-electron chi connectivity index (χ2n) is 5.77. The molecule has 0 aromatic rings. The van der Waals surface area contributed by atoms with E-state index in [1.807, 2.05) is 13.8 Å². The third kappa shape index (κ3) is 4.11. The minimum Gasteiger partial charge on any atom is -0.481 e. The van der Waals surface area contributed by atoms with Gasteiger partial charge >= 0.3 is 12.0 Å². The third-order valence-electron chi connectivity index (χ3n) is 4.16. The summed E-state index contributed by atoms with van der Waals surface area (Å²) in [6.45, 7) is 8.64. The van der Waals surface area contributed by atoms with Crippen molar-refractivity contribution in [1.29, 1.82) is 0 Å². The molecule has 0 saturated carbocycles. The van der Waals surface area contributed by atoms with Crippen molar-refractivity contribution in [3.63, 3.8) is 0 Å². The van der Waals surface area contributed by atoms with Gasteiger partial charge in [0.1, 0.15) is 0 Å². The molecule has 0 aromatic heterocycles. The smallest absolute Gasteiger partial charge is 0.317 e. The van der Waals surface area contributed by atoms with Crippen LogP contribution in [0, 0.1) is 11.8 Å². The number of urea groups is 1. The Hall–Kier alpha value is -1.26. The zero-order chi connectivity index (χ0) is 14.6. The van der Waals surface area contributed by atoms with Gasteiger partial charge in [0.15, 0.2) is 0 Å². The Bertz CT molecular complexity index is 333. The molecular weight excluding hydrogens is 244 g/mol. The van der Waals surface area contributed by atoms with Gasteiger partial charge in [-0.3, -0.25) is 4.79 Å². The zero-order valence-corrected chi connectivity index (χ0v) is 12.3. The van der Waals surface area contributed by atoms with Crippen LogP contribution in [-0.4, -0.2) is 40.6 Å². The molecule has 110 valence electrons. The number of nitrogens with zero attached hydrogens (tertiary/aromatic N) is 1. The van der Waals surface area contributed by atoms with Gasteiger partial charge in [-0.1, -0.05) is 20.3 Å². The molecule has 19 heavy (non-hydrogen) atoms. The number of likely N-dealkylation sites (tertiary alicyclic amines) is 1. The maximum atomic E-state index is 12.1. The highest BCUT2D eigenvalue weighted by atomic mass is 16.4. The van der Waals surface area contributed by atoms with Crippen LogP contribution >= 0.6 is 0 Å². The molecule has 4 atom stereocenters. The Morgan fingerprint density at radius 1 is 1.42 bits per heavy atom. The normalized spacial score (nSPS) is 26.0. The Morgan fingerprint density at radius 2 is 2.05 bits per heavy atom. The molecule has 1 rings (SSSR count). The van der Waals surface area contributed by atoms with E-state index in [9.17, 15) is 9.59 Å². The maximum absolute atomic E-state index is 12.1. The van der Waals surface area contributed by atoms with Crippen LogP contribution in [0.15, 0.2) is 0 Å². The van der Waals surface area contributed by atoms with Crippen LogP contribution < -0.4 is 5.32 Å². The van der Waals surface area contributed by atoms with Gasteiger partial charge in [0.2, 0.25) is 0 Å². The summed E-state index contributed by atoms with van der Waals surface area (Å²) in [6, 6.07) is -0.237. The molecule has 2 N–H and O–H groups in total. The number of carbonyl (C=O) groups excluding carboxylic acids is 1. The van der Waals surface area contributed by atoms with Gasteiger partial charge in [-0.25, -0.2) is 4.79 Å². The van der Waals surface area contributed by atoms with E-state index in [2.05, 4.69) is 19.2 Å². The Labute approximate surface area is 115 Å². The summed E-state index contributed by atoms with van der Waals surface area (Å²) in [5.41, 5.74) is 0. The average Bonchev–Trinajstić information content (AvgIpc) is 2.70. The number of carboxylic acids is 1. The molecule has 1 aliphatic heterocycles. The summed E-state index contributed by atoms with van der Waals surface area (Å²) in [6.07, 6.45) is 2.60. The van der Waals surface area contributed by atoms with Gasteiger partial charge in [-0.05, 0) is 32.6 Å². The van der Waals surface area contributed by atoms with Gasteiger partial charge in [-0.2, -0.15) is 0 Å². The number of carboxylic acid groups (broad SMARTS) is 1. The molecule has 0 aromatic carbocycles. The van der Waals surface area contributed by atoms with E-state index in [0.29, 0.717) is 18.9 Å². The predicted molar refractivity (Wildman–Crippen MR) is 74.0 cm³/mol. The molecule has 1 heterocycles. The molecule has 1 aliphatic rings. The van der Waals surface area contributed by atoms with Crippen molar-refractivity contribution < 1.29 is 14.7 Å². The van der Waals surface area contributed by atoms with E-state index < -0.39 is 11.9 Å². The molecule has 0 aliphatic carbocycles. The van der Waals surface area contributed by atoms with E-state index in [-0.39, 0.29) is 18.1 Å². The highest BCUT2D eigenvalue weighted by Gasteiger charge is 2.38. The summed E-state index contributed by atoms with van der Waals surface area (Å²) in [5, 5.41) is 12.0. The molecule has 1 saturated heterocycles. The largest absolute Gasteiger partial charge is 0.481 e. The van der Waals surface area contributed by atoms with E-state index in [1.54, 1.807) is 4.90 Å². The summed E-state index contributed by atoms with van der Waals surface area (Å²) in [4.78, 5) is 24.8. The SMILES string of the molecule is CCC(C)CC(C)NC(=O)N1CCC(C(=O)O)C1C. The van der Waals surface area contributed by atoms with Gasteiger partial charge in [0.05, 0.1) is 5.92 Å². The van der Waals surface area contributed by atoms with Crippen LogP contribution in [0.4, 0.5) is 4.79 Å². The standard InChI is InChI=1S/C14H26N2O3/c1-5-9(2)8-10(3)15-14(19)16-7-6-12(11(16)4)13(17)18/h9-12H,5-8H2,1-4H3,(H,15,19)(H,17,18). The van der Waals surface area contributed by atoms with Crippen LogP contribution in [0.1, 0.15) is 47.0 Å². The van der Waals surface area contributed by atoms with Crippen LogP contribution in [0.25, 0.3) is 0 Å². The summed E-state index contributed by atoms with van der Waals surface area (Å²) in [7, 11) is 0. The van der Waals surface area contributed by atoms with Crippen molar-refractivity contribution in [3.8, 4) is 0 Å². The van der Waals surface area contributed by atoms with Gasteiger partial charge in [0, 0.05) is 18.6 Å². The monoisotopic (exact) mass is 270 g/mol. The molecule has 5 heteroatoms. The lowest BCUT2D eigenvalue weighted by Gasteiger charge is -2.26. The molecule has 0 radical (unpaired) electrons. The molecule has 4 unspecified atom stereocenters.